The molecule has 6 heteroatoms. The largest absolute Gasteiger partial charge is 0.394 e. The highest BCUT2D eigenvalue weighted by atomic mass is 19.1. The molecule has 25 heavy (non-hydrogen) atoms. The number of nitrogens with one attached hydrogen (secondary N) is 2. The Hall–Kier alpha value is -2.73. The Bertz CT molecular complexity index is 905. The topological polar surface area (TPSA) is 78.0 Å². The number of benzene rings is 2. The second-order valence-electron chi connectivity index (χ2n) is 6.35. The normalized spacial score (nSPS) is 12.5. The van der Waals surface area contributed by atoms with E-state index in [2.05, 4.69) is 15.5 Å². The zero-order valence-corrected chi connectivity index (χ0v) is 14.1. The van der Waals surface area contributed by atoms with Gasteiger partial charge in [0.2, 0.25) is 0 Å². The molecule has 0 aliphatic rings. The summed E-state index contributed by atoms with van der Waals surface area (Å²) in [6, 6.07) is 11.0. The summed E-state index contributed by atoms with van der Waals surface area (Å²) in [5.41, 5.74) is 2.45. The van der Waals surface area contributed by atoms with Crippen LogP contribution in [0.2, 0.25) is 0 Å². The Morgan fingerprint density at radius 3 is 2.76 bits per heavy atom. The zero-order valence-electron chi connectivity index (χ0n) is 14.1. The Kier molecular flexibility index (Phi) is 4.81. The molecule has 130 valence electrons. The van der Waals surface area contributed by atoms with Gasteiger partial charge < -0.3 is 10.4 Å². The van der Waals surface area contributed by atoms with Crippen LogP contribution in [-0.4, -0.2) is 33.9 Å². The molecule has 0 fully saturated rings. The molecule has 0 bridgehead atoms. The smallest absolute Gasteiger partial charge is 0.251 e. The minimum Gasteiger partial charge on any atom is -0.394 e. The molecule has 1 aromatic heterocycles. The number of aliphatic hydroxyl groups is 1. The van der Waals surface area contributed by atoms with Gasteiger partial charge in [0.15, 0.2) is 0 Å². The molecule has 0 aliphatic heterocycles. The molecule has 0 saturated carbocycles. The van der Waals surface area contributed by atoms with Gasteiger partial charge in [-0.25, -0.2) is 4.39 Å². The summed E-state index contributed by atoms with van der Waals surface area (Å²) >= 11 is 0. The summed E-state index contributed by atoms with van der Waals surface area (Å²) in [5.74, 6) is -0.485. The van der Waals surface area contributed by atoms with Crippen LogP contribution in [0.15, 0.2) is 42.5 Å². The minimum absolute atomic E-state index is 0.119. The van der Waals surface area contributed by atoms with Crippen molar-refractivity contribution in [2.24, 2.45) is 5.92 Å². The Labute approximate surface area is 144 Å². The van der Waals surface area contributed by atoms with Crippen LogP contribution in [0.25, 0.3) is 22.2 Å². The van der Waals surface area contributed by atoms with E-state index < -0.39 is 0 Å². The number of carbonyl (C=O) groups is 1. The second kappa shape index (κ2) is 7.03. The summed E-state index contributed by atoms with van der Waals surface area (Å²) in [7, 11) is 0. The summed E-state index contributed by atoms with van der Waals surface area (Å²) in [5, 5.41) is 20.1. The van der Waals surface area contributed by atoms with Crippen molar-refractivity contribution in [3.63, 3.8) is 0 Å². The van der Waals surface area contributed by atoms with Crippen molar-refractivity contribution >= 4 is 16.8 Å². The van der Waals surface area contributed by atoms with Crippen LogP contribution in [0.4, 0.5) is 4.39 Å². The minimum atomic E-state index is -0.342. The van der Waals surface area contributed by atoms with Crippen molar-refractivity contribution in [2.75, 3.05) is 6.61 Å². The molecule has 0 saturated heterocycles. The first kappa shape index (κ1) is 17.1. The molecule has 1 heterocycles. The number of aliphatic hydroxyl groups excluding tert-OH is 1. The molecular weight excluding hydrogens is 321 g/mol. The first-order valence-corrected chi connectivity index (χ1v) is 8.15. The van der Waals surface area contributed by atoms with Gasteiger partial charge in [-0.2, -0.15) is 5.10 Å². The third-order valence-corrected chi connectivity index (χ3v) is 4.24. The number of H-pyrrole nitrogens is 1. The van der Waals surface area contributed by atoms with Crippen molar-refractivity contribution in [1.29, 1.82) is 0 Å². The standard InChI is InChI=1S/C19H20FN3O2/c1-11(2)17(10-24)21-19(25)13-6-7-16-15(9-13)18(23-22-16)12-4-3-5-14(20)8-12/h3-9,11,17,24H,10H2,1-2H3,(H,21,25)(H,22,23). The predicted molar refractivity (Wildman–Crippen MR) is 94.7 cm³/mol. The number of rotatable bonds is 5. The second-order valence-corrected chi connectivity index (χ2v) is 6.35. The molecular formula is C19H20FN3O2. The van der Waals surface area contributed by atoms with E-state index in [0.29, 0.717) is 16.8 Å². The molecule has 3 aromatic rings. The highest BCUT2D eigenvalue weighted by molar-refractivity contribution is 6.01. The molecule has 1 atom stereocenters. The van der Waals surface area contributed by atoms with Gasteiger partial charge in [0.05, 0.1) is 18.2 Å². The highest BCUT2D eigenvalue weighted by Gasteiger charge is 2.17. The van der Waals surface area contributed by atoms with E-state index in [1.807, 2.05) is 13.8 Å². The van der Waals surface area contributed by atoms with Gasteiger partial charge in [-0.15, -0.1) is 0 Å². The molecule has 0 aliphatic carbocycles. The first-order valence-electron chi connectivity index (χ1n) is 8.15. The number of aromatic amines is 1. The number of hydrogen-bond acceptors (Lipinski definition) is 3. The number of amides is 1. The van der Waals surface area contributed by atoms with E-state index in [1.165, 1.54) is 12.1 Å². The van der Waals surface area contributed by atoms with Gasteiger partial charge in [0.1, 0.15) is 11.5 Å². The van der Waals surface area contributed by atoms with Crippen LogP contribution < -0.4 is 5.32 Å². The van der Waals surface area contributed by atoms with Gasteiger partial charge in [-0.05, 0) is 36.2 Å². The van der Waals surface area contributed by atoms with Crippen LogP contribution in [0.1, 0.15) is 24.2 Å². The lowest BCUT2D eigenvalue weighted by Gasteiger charge is -2.19. The summed E-state index contributed by atoms with van der Waals surface area (Å²) in [4.78, 5) is 12.5. The summed E-state index contributed by atoms with van der Waals surface area (Å²) in [6.45, 7) is 3.75. The van der Waals surface area contributed by atoms with Gasteiger partial charge in [-0.3, -0.25) is 9.89 Å². The van der Waals surface area contributed by atoms with E-state index in [0.717, 1.165) is 10.9 Å². The van der Waals surface area contributed by atoms with Gasteiger partial charge in [0, 0.05) is 16.5 Å². The maximum atomic E-state index is 13.5. The van der Waals surface area contributed by atoms with Crippen LogP contribution in [0, 0.1) is 11.7 Å². The van der Waals surface area contributed by atoms with E-state index in [4.69, 9.17) is 0 Å². The van der Waals surface area contributed by atoms with Crippen molar-refractivity contribution in [1.82, 2.24) is 15.5 Å². The van der Waals surface area contributed by atoms with E-state index in [-0.39, 0.29) is 30.3 Å². The molecule has 1 unspecified atom stereocenters. The van der Waals surface area contributed by atoms with E-state index in [1.54, 1.807) is 30.3 Å². The molecule has 3 rings (SSSR count). The Balaban J connectivity index is 1.96. The molecule has 0 spiro atoms. The lowest BCUT2D eigenvalue weighted by Crippen LogP contribution is -2.41. The SMILES string of the molecule is CC(C)C(CO)NC(=O)c1ccc2[nH]nc(-c3cccc(F)c3)c2c1. The molecule has 0 radical (unpaired) electrons. The van der Waals surface area contributed by atoms with Crippen LogP contribution in [0.5, 0.6) is 0 Å². The van der Waals surface area contributed by atoms with Crippen molar-refractivity contribution in [2.45, 2.75) is 19.9 Å². The predicted octanol–water partition coefficient (Wildman–Crippen LogP) is 3.12. The van der Waals surface area contributed by atoms with Gasteiger partial charge >= 0.3 is 0 Å². The number of hydrogen-bond donors (Lipinski definition) is 3. The summed E-state index contributed by atoms with van der Waals surface area (Å²) < 4.78 is 13.5. The number of carbonyl (C=O) groups excluding carboxylic acids is 1. The van der Waals surface area contributed by atoms with Crippen LogP contribution in [0.3, 0.4) is 0 Å². The van der Waals surface area contributed by atoms with E-state index >= 15 is 0 Å². The average Bonchev–Trinajstić information content (AvgIpc) is 3.02. The fourth-order valence-corrected chi connectivity index (χ4v) is 2.69. The lowest BCUT2D eigenvalue weighted by atomic mass is 10.0. The van der Waals surface area contributed by atoms with Crippen molar-refractivity contribution in [3.05, 3.63) is 53.8 Å². The van der Waals surface area contributed by atoms with Gasteiger partial charge in [-0.1, -0.05) is 26.0 Å². The van der Waals surface area contributed by atoms with E-state index in [9.17, 15) is 14.3 Å². The third-order valence-electron chi connectivity index (χ3n) is 4.24. The number of aromatic nitrogens is 2. The molecule has 3 N–H and O–H groups in total. The van der Waals surface area contributed by atoms with Crippen molar-refractivity contribution in [3.8, 4) is 11.3 Å². The Morgan fingerprint density at radius 1 is 1.28 bits per heavy atom. The number of nitrogens with zero attached hydrogens (tertiary/aromatic N) is 1. The molecule has 5 nitrogen and oxygen atoms in total. The lowest BCUT2D eigenvalue weighted by molar-refractivity contribution is 0.0897. The molecule has 2 aromatic carbocycles. The quantitative estimate of drug-likeness (QED) is 0.667. The average molecular weight is 341 g/mol. The van der Waals surface area contributed by atoms with Gasteiger partial charge in [0.25, 0.3) is 5.91 Å². The van der Waals surface area contributed by atoms with Crippen LogP contribution >= 0.6 is 0 Å². The summed E-state index contributed by atoms with van der Waals surface area (Å²) in [6.07, 6.45) is 0. The zero-order chi connectivity index (χ0) is 18.0. The molecule has 1 amide bonds. The maximum absolute atomic E-state index is 13.5. The highest BCUT2D eigenvalue weighted by Crippen LogP contribution is 2.27. The maximum Gasteiger partial charge on any atom is 0.251 e. The van der Waals surface area contributed by atoms with Crippen molar-refractivity contribution < 1.29 is 14.3 Å². The monoisotopic (exact) mass is 341 g/mol. The first-order chi connectivity index (χ1) is 12.0. The number of fused-ring (bicyclic) bond motifs is 1. The Morgan fingerprint density at radius 2 is 2.08 bits per heavy atom. The van der Waals surface area contributed by atoms with Crippen LogP contribution in [-0.2, 0) is 0 Å². The number of halogens is 1. The fraction of sp³-hybridized carbons (Fsp3) is 0.263. The third kappa shape index (κ3) is 3.53. The fourth-order valence-electron chi connectivity index (χ4n) is 2.69.